The molecular weight excluding hydrogens is 238 g/mol. The van der Waals surface area contributed by atoms with Gasteiger partial charge < -0.3 is 15.7 Å². The molecular formula is C15H21N3O. The molecule has 0 radical (unpaired) electrons. The molecule has 1 aromatic heterocycles. The van der Waals surface area contributed by atoms with Gasteiger partial charge in [-0.1, -0.05) is 25.1 Å². The molecule has 4 nitrogen and oxygen atoms in total. The maximum Gasteiger partial charge on any atom is 0.133 e. The lowest BCUT2D eigenvalue weighted by molar-refractivity contribution is 0.301. The molecule has 0 atom stereocenters. The van der Waals surface area contributed by atoms with Crippen molar-refractivity contribution in [2.45, 2.75) is 19.9 Å². The van der Waals surface area contributed by atoms with E-state index in [1.807, 2.05) is 24.3 Å². The predicted octanol–water partition coefficient (Wildman–Crippen LogP) is 1.90. The van der Waals surface area contributed by atoms with Crippen molar-refractivity contribution in [3.63, 3.8) is 0 Å². The fourth-order valence-corrected chi connectivity index (χ4v) is 2.29. The number of benzene rings is 1. The molecule has 0 spiro atoms. The van der Waals surface area contributed by atoms with E-state index in [2.05, 4.69) is 17.9 Å². The van der Waals surface area contributed by atoms with Crippen molar-refractivity contribution in [1.29, 1.82) is 0 Å². The van der Waals surface area contributed by atoms with E-state index in [0.29, 0.717) is 13.1 Å². The Morgan fingerprint density at radius 3 is 2.74 bits per heavy atom. The number of rotatable bonds is 6. The zero-order valence-electron chi connectivity index (χ0n) is 11.3. The summed E-state index contributed by atoms with van der Waals surface area (Å²) in [5, 5.41) is 10.3. The normalized spacial score (nSPS) is 10.9. The van der Waals surface area contributed by atoms with Gasteiger partial charge in [-0.25, -0.2) is 4.98 Å². The molecule has 102 valence electrons. The van der Waals surface area contributed by atoms with E-state index >= 15 is 0 Å². The first kappa shape index (κ1) is 13.8. The smallest absolute Gasteiger partial charge is 0.133 e. The highest BCUT2D eigenvalue weighted by Crippen LogP contribution is 2.23. The number of nitrogens with two attached hydrogens (primary N) is 1. The highest BCUT2D eigenvalue weighted by molar-refractivity contribution is 5.81. The molecule has 0 aliphatic carbocycles. The Labute approximate surface area is 113 Å². The predicted molar refractivity (Wildman–Crippen MR) is 79.2 cm³/mol. The maximum atomic E-state index is 9.20. The largest absolute Gasteiger partial charge is 0.395 e. The van der Waals surface area contributed by atoms with Gasteiger partial charge in [-0.15, -0.1) is 0 Å². The zero-order chi connectivity index (χ0) is 13.7. The van der Waals surface area contributed by atoms with Crippen molar-refractivity contribution in [2.75, 3.05) is 24.6 Å². The molecule has 1 heterocycles. The third-order valence-corrected chi connectivity index (χ3v) is 3.16. The second-order valence-corrected chi connectivity index (χ2v) is 4.58. The number of nitrogens with zero attached hydrogens (tertiary/aromatic N) is 2. The Balaban J connectivity index is 2.49. The van der Waals surface area contributed by atoms with E-state index in [-0.39, 0.29) is 6.61 Å². The van der Waals surface area contributed by atoms with Gasteiger partial charge in [-0.3, -0.25) is 0 Å². The lowest BCUT2D eigenvalue weighted by atomic mass is 10.1. The molecule has 0 bridgehead atoms. The van der Waals surface area contributed by atoms with E-state index < -0.39 is 0 Å². The fraction of sp³-hybridized carbons (Fsp3) is 0.400. The third kappa shape index (κ3) is 3.03. The number of para-hydroxylation sites is 1. The molecule has 3 N–H and O–H groups in total. The lowest BCUT2D eigenvalue weighted by Crippen LogP contribution is -2.29. The van der Waals surface area contributed by atoms with Crippen LogP contribution in [-0.4, -0.2) is 29.8 Å². The molecule has 2 rings (SSSR count). The van der Waals surface area contributed by atoms with Crippen molar-refractivity contribution in [3.05, 3.63) is 35.9 Å². The Morgan fingerprint density at radius 1 is 1.26 bits per heavy atom. The van der Waals surface area contributed by atoms with E-state index in [1.54, 1.807) is 0 Å². The maximum absolute atomic E-state index is 9.20. The molecule has 0 aliphatic heterocycles. The SMILES string of the molecule is CCCN(CCO)c1nc2ccccc2cc1CN. The fourth-order valence-electron chi connectivity index (χ4n) is 2.29. The van der Waals surface area contributed by atoms with Gasteiger partial charge in [0.2, 0.25) is 0 Å². The number of anilines is 1. The van der Waals surface area contributed by atoms with Crippen molar-refractivity contribution >= 4 is 16.7 Å². The summed E-state index contributed by atoms with van der Waals surface area (Å²) >= 11 is 0. The van der Waals surface area contributed by atoms with Crippen molar-refractivity contribution in [2.24, 2.45) is 5.73 Å². The number of fused-ring (bicyclic) bond motifs is 1. The summed E-state index contributed by atoms with van der Waals surface area (Å²) in [5.74, 6) is 0.900. The summed E-state index contributed by atoms with van der Waals surface area (Å²) in [6.07, 6.45) is 1.01. The van der Waals surface area contributed by atoms with Gasteiger partial charge in [0.05, 0.1) is 12.1 Å². The molecule has 0 saturated carbocycles. The second-order valence-electron chi connectivity index (χ2n) is 4.58. The Kier molecular flexibility index (Phi) is 4.71. The Morgan fingerprint density at radius 2 is 2.05 bits per heavy atom. The summed E-state index contributed by atoms with van der Waals surface area (Å²) in [7, 11) is 0. The first-order chi connectivity index (χ1) is 9.30. The zero-order valence-corrected chi connectivity index (χ0v) is 11.3. The van der Waals surface area contributed by atoms with Crippen LogP contribution in [-0.2, 0) is 6.54 Å². The van der Waals surface area contributed by atoms with Gasteiger partial charge in [0.15, 0.2) is 0 Å². The minimum atomic E-state index is 0.124. The van der Waals surface area contributed by atoms with Crippen molar-refractivity contribution in [1.82, 2.24) is 4.98 Å². The third-order valence-electron chi connectivity index (χ3n) is 3.16. The van der Waals surface area contributed by atoms with Crippen LogP contribution < -0.4 is 10.6 Å². The van der Waals surface area contributed by atoms with Crippen LogP contribution in [0, 0.1) is 0 Å². The number of hydrogen-bond donors (Lipinski definition) is 2. The monoisotopic (exact) mass is 259 g/mol. The van der Waals surface area contributed by atoms with Gasteiger partial charge in [-0.2, -0.15) is 0 Å². The molecule has 0 fully saturated rings. The molecule has 0 unspecified atom stereocenters. The average molecular weight is 259 g/mol. The highest BCUT2D eigenvalue weighted by atomic mass is 16.3. The van der Waals surface area contributed by atoms with Crippen LogP contribution in [0.15, 0.2) is 30.3 Å². The molecule has 0 aliphatic rings. The minimum Gasteiger partial charge on any atom is -0.395 e. The quantitative estimate of drug-likeness (QED) is 0.831. The van der Waals surface area contributed by atoms with Crippen LogP contribution in [0.25, 0.3) is 10.9 Å². The van der Waals surface area contributed by atoms with Crippen molar-refractivity contribution < 1.29 is 5.11 Å². The van der Waals surface area contributed by atoms with Gasteiger partial charge in [0.25, 0.3) is 0 Å². The molecule has 4 heteroatoms. The molecule has 0 amide bonds. The number of aliphatic hydroxyl groups is 1. The van der Waals surface area contributed by atoms with Crippen LogP contribution in [0.1, 0.15) is 18.9 Å². The minimum absolute atomic E-state index is 0.124. The summed E-state index contributed by atoms with van der Waals surface area (Å²) in [5.41, 5.74) is 7.84. The van der Waals surface area contributed by atoms with E-state index in [0.717, 1.165) is 35.2 Å². The van der Waals surface area contributed by atoms with Gasteiger partial charge >= 0.3 is 0 Å². The Bertz CT molecular complexity index is 536. The van der Waals surface area contributed by atoms with Crippen LogP contribution >= 0.6 is 0 Å². The van der Waals surface area contributed by atoms with Gasteiger partial charge in [-0.05, 0) is 18.6 Å². The van der Waals surface area contributed by atoms with Crippen molar-refractivity contribution in [3.8, 4) is 0 Å². The topological polar surface area (TPSA) is 62.4 Å². The van der Waals surface area contributed by atoms with Gasteiger partial charge in [0.1, 0.15) is 5.82 Å². The number of aliphatic hydroxyl groups excluding tert-OH is 1. The van der Waals surface area contributed by atoms with Crippen LogP contribution in [0.5, 0.6) is 0 Å². The van der Waals surface area contributed by atoms with Crippen LogP contribution in [0.2, 0.25) is 0 Å². The first-order valence-electron chi connectivity index (χ1n) is 6.74. The molecule has 2 aromatic rings. The molecule has 0 saturated heterocycles. The summed E-state index contributed by atoms with van der Waals surface area (Å²) < 4.78 is 0. The first-order valence-corrected chi connectivity index (χ1v) is 6.74. The lowest BCUT2D eigenvalue weighted by Gasteiger charge is -2.25. The standard InChI is InChI=1S/C15H21N3O/c1-2-7-18(8-9-19)15-13(11-16)10-12-5-3-4-6-14(12)17-15/h3-6,10,19H,2,7-9,11,16H2,1H3. The molecule has 1 aromatic carbocycles. The van der Waals surface area contributed by atoms with Crippen LogP contribution in [0.4, 0.5) is 5.82 Å². The highest BCUT2D eigenvalue weighted by Gasteiger charge is 2.12. The summed E-state index contributed by atoms with van der Waals surface area (Å²) in [6, 6.07) is 10.1. The average Bonchev–Trinajstić information content (AvgIpc) is 2.45. The summed E-state index contributed by atoms with van der Waals surface area (Å²) in [4.78, 5) is 6.82. The van der Waals surface area contributed by atoms with E-state index in [4.69, 9.17) is 10.7 Å². The van der Waals surface area contributed by atoms with E-state index in [1.165, 1.54) is 0 Å². The molecule has 19 heavy (non-hydrogen) atoms. The number of aromatic nitrogens is 1. The van der Waals surface area contributed by atoms with E-state index in [9.17, 15) is 5.11 Å². The second kappa shape index (κ2) is 6.50. The number of pyridine rings is 1. The number of hydrogen-bond acceptors (Lipinski definition) is 4. The summed E-state index contributed by atoms with van der Waals surface area (Å²) in [6.45, 7) is 4.16. The Hall–Kier alpha value is -1.65. The van der Waals surface area contributed by atoms with Crippen LogP contribution in [0.3, 0.4) is 0 Å². The van der Waals surface area contributed by atoms with Gasteiger partial charge in [0, 0.05) is 30.6 Å².